The van der Waals surface area contributed by atoms with Gasteiger partial charge in [-0.15, -0.1) is 0 Å². The van der Waals surface area contributed by atoms with Crippen molar-refractivity contribution in [2.24, 2.45) is 0 Å². The number of carbonyl (C=O) groups excluding carboxylic acids is 5. The molecule has 0 aliphatic carbocycles. The number of anilines is 3. The summed E-state index contributed by atoms with van der Waals surface area (Å²) in [4.78, 5) is 76.2. The van der Waals surface area contributed by atoms with Crippen molar-refractivity contribution in [2.45, 2.75) is 44.2 Å². The van der Waals surface area contributed by atoms with Crippen molar-refractivity contribution in [3.63, 3.8) is 0 Å². The fraction of sp³-hybridized carbons (Fsp3) is 0.415. The quantitative estimate of drug-likeness (QED) is 0.370. The van der Waals surface area contributed by atoms with Gasteiger partial charge in [0.2, 0.25) is 11.8 Å². The summed E-state index contributed by atoms with van der Waals surface area (Å²) in [6, 6.07) is 20.4. The lowest BCUT2D eigenvalue weighted by Crippen LogP contribution is -2.63. The van der Waals surface area contributed by atoms with Gasteiger partial charge in [0.1, 0.15) is 12.1 Å². The average Bonchev–Trinajstić information content (AvgIpc) is 3.49. The van der Waals surface area contributed by atoms with Crippen LogP contribution in [0.25, 0.3) is 0 Å². The van der Waals surface area contributed by atoms with E-state index >= 15 is 0 Å². The Bertz CT molecular complexity index is 2070. The Morgan fingerprint density at radius 2 is 1.33 bits per heavy atom. The van der Waals surface area contributed by atoms with Gasteiger partial charge in [0.25, 0.3) is 17.7 Å². The van der Waals surface area contributed by atoms with Gasteiger partial charge in [0, 0.05) is 101 Å². The molecule has 8 rings (SSSR count). The molecule has 3 aromatic rings. The third-order valence-corrected chi connectivity index (χ3v) is 12.0. The van der Waals surface area contributed by atoms with Crippen molar-refractivity contribution in [3.8, 4) is 6.07 Å². The molecule has 0 spiro atoms. The van der Waals surface area contributed by atoms with Crippen LogP contribution in [-0.4, -0.2) is 122 Å². The molecule has 1 atom stereocenters. The van der Waals surface area contributed by atoms with E-state index in [0.717, 1.165) is 93.6 Å². The fourth-order valence-electron chi connectivity index (χ4n) is 8.43. The number of halogens is 1. The molecular formula is C41H43ClN8O5. The maximum atomic E-state index is 13.5. The highest BCUT2D eigenvalue weighted by atomic mass is 35.5. The summed E-state index contributed by atoms with van der Waals surface area (Å²) in [7, 11) is 0. The number of carbonyl (C=O) groups is 5. The highest BCUT2D eigenvalue weighted by Gasteiger charge is 2.45. The monoisotopic (exact) mass is 762 g/mol. The van der Waals surface area contributed by atoms with Gasteiger partial charge >= 0.3 is 0 Å². The van der Waals surface area contributed by atoms with E-state index in [4.69, 9.17) is 11.6 Å². The number of hydrogen-bond acceptors (Lipinski definition) is 10. The Morgan fingerprint density at radius 3 is 2.00 bits per heavy atom. The fourth-order valence-corrected chi connectivity index (χ4v) is 8.65. The summed E-state index contributed by atoms with van der Waals surface area (Å²) in [5, 5.41) is 11.9. The summed E-state index contributed by atoms with van der Waals surface area (Å²) in [6.45, 7) is 8.07. The minimum absolute atomic E-state index is 0.0475. The number of nitrogens with zero attached hydrogens (tertiary/aromatic N) is 7. The van der Waals surface area contributed by atoms with Crippen LogP contribution in [-0.2, 0) is 9.59 Å². The van der Waals surface area contributed by atoms with Crippen LogP contribution < -0.4 is 20.0 Å². The van der Waals surface area contributed by atoms with Crippen LogP contribution in [0.5, 0.6) is 0 Å². The Labute approximate surface area is 325 Å². The Balaban J connectivity index is 0.806. The lowest BCUT2D eigenvalue weighted by molar-refractivity contribution is -0.136. The van der Waals surface area contributed by atoms with E-state index in [9.17, 15) is 29.2 Å². The van der Waals surface area contributed by atoms with Crippen LogP contribution in [0.2, 0.25) is 5.02 Å². The molecule has 284 valence electrons. The number of nitrogens with one attached hydrogen (secondary N) is 1. The second-order valence-electron chi connectivity index (χ2n) is 14.9. The van der Waals surface area contributed by atoms with Gasteiger partial charge in [0.15, 0.2) is 0 Å². The van der Waals surface area contributed by atoms with Crippen LogP contribution in [0.3, 0.4) is 0 Å². The van der Waals surface area contributed by atoms with Gasteiger partial charge in [-0.2, -0.15) is 5.26 Å². The van der Waals surface area contributed by atoms with Gasteiger partial charge in [0.05, 0.1) is 21.7 Å². The lowest BCUT2D eigenvalue weighted by atomic mass is 10.0. The number of imide groups is 2. The zero-order chi connectivity index (χ0) is 38.2. The molecule has 5 aliphatic heterocycles. The lowest BCUT2D eigenvalue weighted by Gasteiger charge is -2.49. The summed E-state index contributed by atoms with van der Waals surface area (Å²) in [5.41, 5.74) is 4.76. The Hall–Kier alpha value is -5.45. The molecule has 0 aromatic heterocycles. The van der Waals surface area contributed by atoms with Gasteiger partial charge in [-0.05, 0) is 86.3 Å². The minimum atomic E-state index is -0.984. The van der Waals surface area contributed by atoms with Crippen LogP contribution >= 0.6 is 11.6 Å². The predicted octanol–water partition coefficient (Wildman–Crippen LogP) is 3.76. The Kier molecular flexibility index (Phi) is 10.2. The second-order valence-corrected chi connectivity index (χ2v) is 15.3. The molecule has 3 aromatic carbocycles. The molecule has 0 saturated carbocycles. The Morgan fingerprint density at radius 1 is 0.709 bits per heavy atom. The number of nitriles is 1. The second kappa shape index (κ2) is 15.4. The topological polar surface area (TPSA) is 141 Å². The van der Waals surface area contributed by atoms with Crippen LogP contribution in [0.15, 0.2) is 60.7 Å². The SMILES string of the molecule is N#Cc1ccc(N2CCCCN(c3ccc(C(=O)N4CCN(C5CN(c6ccc7c(c6)C(=O)N(C6CCC(=O)NC6=O)C7=O)C5)CC4)cc3)CCC2)cc1Cl. The molecule has 0 radical (unpaired) electrons. The number of hydrogen-bond donors (Lipinski definition) is 1. The molecule has 13 nitrogen and oxygen atoms in total. The summed E-state index contributed by atoms with van der Waals surface area (Å²) in [5.74, 6) is -1.98. The summed E-state index contributed by atoms with van der Waals surface area (Å²) >= 11 is 6.32. The van der Waals surface area contributed by atoms with Crippen molar-refractivity contribution < 1.29 is 24.0 Å². The normalized spacial score (nSPS) is 21.4. The number of piperazine rings is 1. The van der Waals surface area contributed by atoms with E-state index in [1.807, 2.05) is 35.2 Å². The van der Waals surface area contributed by atoms with E-state index < -0.39 is 29.7 Å². The number of rotatable bonds is 6. The molecule has 5 heterocycles. The smallest absolute Gasteiger partial charge is 0.262 e. The highest BCUT2D eigenvalue weighted by molar-refractivity contribution is 6.32. The molecule has 14 heteroatoms. The number of amides is 5. The summed E-state index contributed by atoms with van der Waals surface area (Å²) < 4.78 is 0. The third-order valence-electron chi connectivity index (χ3n) is 11.6. The highest BCUT2D eigenvalue weighted by Crippen LogP contribution is 2.33. The zero-order valence-electron chi connectivity index (χ0n) is 30.6. The third kappa shape index (κ3) is 7.24. The molecule has 0 bridgehead atoms. The van der Waals surface area contributed by atoms with Crippen LogP contribution in [0.4, 0.5) is 17.1 Å². The summed E-state index contributed by atoms with van der Waals surface area (Å²) in [6.07, 6.45) is 3.27. The van der Waals surface area contributed by atoms with Crippen molar-refractivity contribution >= 4 is 58.2 Å². The standard InChI is InChI=1S/C41H43ClN8O5/c42-35-23-31(9-6-28(35)24-43)46-15-2-1-14-45(16-3-17-46)29-7-4-27(5-8-29)39(53)48-20-18-47(19-21-48)32-25-49(26-32)30-10-11-33-34(22-30)41(55)50(40(33)54)36-12-13-37(51)44-38(36)52/h4-11,22-23,32,36H,1-3,12-21,25-26H2,(H,44,51,52). The average molecular weight is 763 g/mol. The first kappa shape index (κ1) is 36.5. The van der Waals surface area contributed by atoms with E-state index in [1.54, 1.807) is 18.2 Å². The number of piperidine rings is 1. The van der Waals surface area contributed by atoms with Crippen LogP contribution in [0.1, 0.15) is 68.7 Å². The zero-order valence-corrected chi connectivity index (χ0v) is 31.3. The van der Waals surface area contributed by atoms with E-state index in [0.29, 0.717) is 35.3 Å². The van der Waals surface area contributed by atoms with Crippen molar-refractivity contribution in [2.75, 3.05) is 80.1 Å². The molecule has 1 unspecified atom stereocenters. The van der Waals surface area contributed by atoms with Crippen molar-refractivity contribution in [1.29, 1.82) is 5.26 Å². The van der Waals surface area contributed by atoms with Gasteiger partial charge in [-0.25, -0.2) is 0 Å². The number of benzene rings is 3. The maximum Gasteiger partial charge on any atom is 0.262 e. The molecule has 4 saturated heterocycles. The van der Waals surface area contributed by atoms with Gasteiger partial charge < -0.3 is 19.6 Å². The first-order valence-electron chi connectivity index (χ1n) is 19.1. The van der Waals surface area contributed by atoms with Gasteiger partial charge in [-0.3, -0.25) is 39.1 Å². The van der Waals surface area contributed by atoms with E-state index in [-0.39, 0.29) is 29.9 Å². The first-order valence-corrected chi connectivity index (χ1v) is 19.5. The minimum Gasteiger partial charge on any atom is -0.371 e. The predicted molar refractivity (Wildman–Crippen MR) is 207 cm³/mol. The molecule has 5 amide bonds. The first-order chi connectivity index (χ1) is 26.7. The molecule has 55 heavy (non-hydrogen) atoms. The maximum absolute atomic E-state index is 13.5. The molecule has 5 aliphatic rings. The molecule has 1 N–H and O–H groups in total. The molecular weight excluding hydrogens is 720 g/mol. The van der Waals surface area contributed by atoms with E-state index in [1.165, 1.54) is 0 Å². The van der Waals surface area contributed by atoms with E-state index in [2.05, 4.69) is 43.1 Å². The largest absolute Gasteiger partial charge is 0.371 e. The van der Waals surface area contributed by atoms with Crippen molar-refractivity contribution in [3.05, 3.63) is 87.9 Å². The van der Waals surface area contributed by atoms with Crippen molar-refractivity contribution in [1.82, 2.24) is 20.0 Å². The van der Waals surface area contributed by atoms with Crippen LogP contribution in [0, 0.1) is 11.3 Å². The number of fused-ring (bicyclic) bond motifs is 1. The molecule has 4 fully saturated rings. The van der Waals surface area contributed by atoms with Gasteiger partial charge in [-0.1, -0.05) is 11.6 Å².